The second-order valence-electron chi connectivity index (χ2n) is 9.60. The molecule has 2 heterocycles. The Morgan fingerprint density at radius 1 is 1.30 bits per heavy atom. The van der Waals surface area contributed by atoms with Gasteiger partial charge in [0, 0.05) is 19.0 Å². The van der Waals surface area contributed by atoms with Crippen molar-refractivity contribution in [2.75, 3.05) is 13.2 Å². The van der Waals surface area contributed by atoms with Crippen LogP contribution in [0.25, 0.3) is 11.0 Å². The number of aliphatic hydroxyl groups excluding tert-OH is 1. The standard InChI is InChI=1S/C21H29BrN4O4/c1-21(2,3)19-18(27)13(8-9-25(19)20(28)29)11-30-15-7-6-14-17(16(15)22)23-24-26(14)10-12-4-5-12/h6-7,12-13,18-19,27H,4-5,8-11H2,1-3H3,(H,28,29). The predicted octanol–water partition coefficient (Wildman–Crippen LogP) is 3.76. The van der Waals surface area contributed by atoms with Crippen LogP contribution in [0.1, 0.15) is 40.0 Å². The summed E-state index contributed by atoms with van der Waals surface area (Å²) in [6, 6.07) is 3.39. The molecule has 2 N–H and O–H groups in total. The Bertz CT molecular complexity index is 937. The Kier molecular flexibility index (Phi) is 5.69. The van der Waals surface area contributed by atoms with Gasteiger partial charge in [0.1, 0.15) is 11.3 Å². The fourth-order valence-corrected chi connectivity index (χ4v) is 4.94. The Morgan fingerprint density at radius 3 is 2.67 bits per heavy atom. The van der Waals surface area contributed by atoms with Crippen molar-refractivity contribution in [1.29, 1.82) is 0 Å². The van der Waals surface area contributed by atoms with Gasteiger partial charge < -0.3 is 19.8 Å². The lowest BCUT2D eigenvalue weighted by Crippen LogP contribution is -2.60. The van der Waals surface area contributed by atoms with Crippen molar-refractivity contribution in [3.63, 3.8) is 0 Å². The van der Waals surface area contributed by atoms with Crippen molar-refractivity contribution in [3.05, 3.63) is 16.6 Å². The van der Waals surface area contributed by atoms with E-state index in [2.05, 4.69) is 26.2 Å². The lowest BCUT2D eigenvalue weighted by atomic mass is 9.75. The number of benzene rings is 1. The second kappa shape index (κ2) is 8.00. The predicted molar refractivity (Wildman–Crippen MR) is 116 cm³/mol. The molecule has 1 aliphatic carbocycles. The summed E-state index contributed by atoms with van der Waals surface area (Å²) in [5, 5.41) is 29.1. The third-order valence-corrected chi connectivity index (χ3v) is 6.95. The number of amides is 1. The summed E-state index contributed by atoms with van der Waals surface area (Å²) in [5.41, 5.74) is 1.36. The average Bonchev–Trinajstić information content (AvgIpc) is 3.39. The van der Waals surface area contributed by atoms with E-state index in [1.807, 2.05) is 37.6 Å². The van der Waals surface area contributed by atoms with Gasteiger partial charge >= 0.3 is 6.09 Å². The lowest BCUT2D eigenvalue weighted by molar-refractivity contribution is -0.0721. The lowest BCUT2D eigenvalue weighted by Gasteiger charge is -2.47. The first-order valence-corrected chi connectivity index (χ1v) is 11.3. The Morgan fingerprint density at radius 2 is 2.03 bits per heavy atom. The number of ether oxygens (including phenoxy) is 1. The zero-order valence-corrected chi connectivity index (χ0v) is 19.2. The summed E-state index contributed by atoms with van der Waals surface area (Å²) in [6.07, 6.45) is 1.27. The van der Waals surface area contributed by atoms with Gasteiger partial charge in [0.05, 0.1) is 28.7 Å². The molecule has 1 aromatic heterocycles. The van der Waals surface area contributed by atoms with Crippen LogP contribution in [-0.2, 0) is 6.54 Å². The molecule has 3 atom stereocenters. The van der Waals surface area contributed by atoms with Gasteiger partial charge in [-0.25, -0.2) is 9.48 Å². The second-order valence-corrected chi connectivity index (χ2v) is 10.4. The number of nitrogens with zero attached hydrogens (tertiary/aromatic N) is 4. The molecule has 9 heteroatoms. The molecule has 164 valence electrons. The van der Waals surface area contributed by atoms with Crippen LogP contribution in [-0.4, -0.2) is 61.5 Å². The van der Waals surface area contributed by atoms with Crippen molar-refractivity contribution in [3.8, 4) is 5.75 Å². The van der Waals surface area contributed by atoms with Gasteiger partial charge in [-0.15, -0.1) is 5.10 Å². The van der Waals surface area contributed by atoms with Crippen molar-refractivity contribution in [2.24, 2.45) is 17.3 Å². The third-order valence-electron chi connectivity index (χ3n) is 6.19. The first-order valence-electron chi connectivity index (χ1n) is 10.5. The van der Waals surface area contributed by atoms with Crippen LogP contribution < -0.4 is 4.74 Å². The molecule has 0 radical (unpaired) electrons. The molecule has 3 unspecified atom stereocenters. The molecule has 2 fully saturated rings. The molecule has 2 aliphatic rings. The smallest absolute Gasteiger partial charge is 0.407 e. The highest BCUT2D eigenvalue weighted by molar-refractivity contribution is 9.10. The molecule has 1 aliphatic heterocycles. The van der Waals surface area contributed by atoms with Crippen molar-refractivity contribution in [1.82, 2.24) is 19.9 Å². The molecule has 1 aromatic carbocycles. The van der Waals surface area contributed by atoms with Crippen molar-refractivity contribution < 1.29 is 19.7 Å². The Labute approximate surface area is 184 Å². The summed E-state index contributed by atoms with van der Waals surface area (Å²) in [7, 11) is 0. The van der Waals surface area contributed by atoms with Crippen LogP contribution in [0.15, 0.2) is 16.6 Å². The van der Waals surface area contributed by atoms with Gasteiger partial charge in [-0.05, 0) is 58.7 Å². The molecule has 1 amide bonds. The van der Waals surface area contributed by atoms with E-state index in [9.17, 15) is 15.0 Å². The van der Waals surface area contributed by atoms with Gasteiger partial charge in [0.15, 0.2) is 0 Å². The highest BCUT2D eigenvalue weighted by atomic mass is 79.9. The highest BCUT2D eigenvalue weighted by Gasteiger charge is 2.45. The number of aromatic nitrogens is 3. The first-order chi connectivity index (χ1) is 14.2. The van der Waals surface area contributed by atoms with E-state index in [4.69, 9.17) is 4.74 Å². The number of likely N-dealkylation sites (tertiary alicyclic amines) is 1. The van der Waals surface area contributed by atoms with Crippen LogP contribution >= 0.6 is 15.9 Å². The van der Waals surface area contributed by atoms with E-state index in [1.54, 1.807) is 0 Å². The van der Waals surface area contributed by atoms with Gasteiger partial charge in [-0.3, -0.25) is 0 Å². The SMILES string of the molecule is CC(C)(C)C1C(O)C(COc2ccc3c(nnn3CC3CC3)c2Br)CCN1C(=O)O. The first kappa shape index (κ1) is 21.4. The fourth-order valence-electron chi connectivity index (χ4n) is 4.41. The van der Waals surface area contributed by atoms with E-state index in [1.165, 1.54) is 17.7 Å². The molecular formula is C21H29BrN4O4. The molecule has 0 bridgehead atoms. The molecule has 0 spiro atoms. The molecule has 1 saturated heterocycles. The van der Waals surface area contributed by atoms with Crippen LogP contribution in [0.2, 0.25) is 0 Å². The molecule has 1 saturated carbocycles. The molecular weight excluding hydrogens is 452 g/mol. The molecule has 8 nitrogen and oxygen atoms in total. The summed E-state index contributed by atoms with van der Waals surface area (Å²) >= 11 is 3.60. The zero-order chi connectivity index (χ0) is 21.6. The van der Waals surface area contributed by atoms with Gasteiger partial charge in [-0.2, -0.15) is 0 Å². The van der Waals surface area contributed by atoms with Crippen LogP contribution in [0.5, 0.6) is 5.75 Å². The van der Waals surface area contributed by atoms with Crippen LogP contribution in [0, 0.1) is 17.3 Å². The number of carboxylic acid groups (broad SMARTS) is 1. The van der Waals surface area contributed by atoms with E-state index in [0.29, 0.717) is 31.2 Å². The van der Waals surface area contributed by atoms with Crippen molar-refractivity contribution >= 4 is 33.1 Å². The van der Waals surface area contributed by atoms with E-state index in [-0.39, 0.29) is 11.3 Å². The topological polar surface area (TPSA) is 101 Å². The van der Waals surface area contributed by atoms with Gasteiger partial charge in [0.2, 0.25) is 0 Å². The van der Waals surface area contributed by atoms with Gasteiger partial charge in [-0.1, -0.05) is 26.0 Å². The highest BCUT2D eigenvalue weighted by Crippen LogP contribution is 2.37. The van der Waals surface area contributed by atoms with Gasteiger partial charge in [0.25, 0.3) is 0 Å². The van der Waals surface area contributed by atoms with E-state index >= 15 is 0 Å². The number of rotatable bonds is 5. The molecule has 4 rings (SSSR count). The monoisotopic (exact) mass is 480 g/mol. The number of carbonyl (C=O) groups is 1. The number of fused-ring (bicyclic) bond motifs is 1. The van der Waals surface area contributed by atoms with Crippen LogP contribution in [0.3, 0.4) is 0 Å². The maximum absolute atomic E-state index is 11.6. The third kappa shape index (κ3) is 4.14. The number of aliphatic hydroxyl groups is 1. The maximum Gasteiger partial charge on any atom is 0.407 e. The molecule has 2 aromatic rings. The summed E-state index contributed by atoms with van der Waals surface area (Å²) < 4.78 is 8.77. The zero-order valence-electron chi connectivity index (χ0n) is 17.6. The minimum Gasteiger partial charge on any atom is -0.492 e. The maximum atomic E-state index is 11.6. The van der Waals surface area contributed by atoms with Crippen molar-refractivity contribution in [2.45, 2.75) is 58.7 Å². The summed E-state index contributed by atoms with van der Waals surface area (Å²) in [5.74, 6) is 1.21. The normalized spacial score (nSPS) is 25.0. The number of piperidine rings is 1. The number of halogens is 1. The Balaban J connectivity index is 1.48. The quantitative estimate of drug-likeness (QED) is 0.675. The summed E-state index contributed by atoms with van der Waals surface area (Å²) in [6.45, 7) is 7.45. The largest absolute Gasteiger partial charge is 0.492 e. The minimum absolute atomic E-state index is 0.155. The minimum atomic E-state index is -0.990. The number of hydrogen-bond donors (Lipinski definition) is 2. The van der Waals surface area contributed by atoms with E-state index < -0.39 is 18.2 Å². The fraction of sp³-hybridized carbons (Fsp3) is 0.667. The average molecular weight is 481 g/mol. The van der Waals surface area contributed by atoms with E-state index in [0.717, 1.165) is 22.1 Å². The summed E-state index contributed by atoms with van der Waals surface area (Å²) in [4.78, 5) is 13.0. The number of hydrogen-bond acceptors (Lipinski definition) is 5. The van der Waals surface area contributed by atoms with Crippen LogP contribution in [0.4, 0.5) is 4.79 Å². The Hall–Kier alpha value is -1.87. The molecule has 30 heavy (non-hydrogen) atoms.